The highest BCUT2D eigenvalue weighted by Gasteiger charge is 2.26. The van der Waals surface area contributed by atoms with Crippen molar-refractivity contribution in [3.63, 3.8) is 0 Å². The van der Waals surface area contributed by atoms with Crippen LogP contribution in [0.4, 0.5) is 5.95 Å². The summed E-state index contributed by atoms with van der Waals surface area (Å²) in [6.45, 7) is 8.34. The molecule has 2 rings (SSSR count). The molecule has 1 saturated heterocycles. The maximum Gasteiger partial charge on any atom is 0.242 e. The Labute approximate surface area is 137 Å². The van der Waals surface area contributed by atoms with Gasteiger partial charge in [-0.1, -0.05) is 6.92 Å². The Morgan fingerprint density at radius 1 is 1.22 bits per heavy atom. The van der Waals surface area contributed by atoms with Crippen molar-refractivity contribution in [1.82, 2.24) is 19.8 Å². The number of rotatable bonds is 5. The van der Waals surface area contributed by atoms with Gasteiger partial charge in [-0.05, 0) is 19.4 Å². The standard InChI is InChI=1S/C16H25N5O2/c1-4-13(2)21(14(3)22)12-15(23)19-8-10-20(11-9-19)16-17-6-5-7-18-16/h5-7,13H,4,8-12H2,1-3H3. The van der Waals surface area contributed by atoms with Crippen LogP contribution in [0.1, 0.15) is 27.2 Å². The first kappa shape index (κ1) is 17.2. The number of carbonyl (C=O) groups excluding carboxylic acids is 2. The quantitative estimate of drug-likeness (QED) is 0.802. The van der Waals surface area contributed by atoms with Gasteiger partial charge < -0.3 is 14.7 Å². The van der Waals surface area contributed by atoms with Crippen LogP contribution < -0.4 is 4.90 Å². The topological polar surface area (TPSA) is 69.6 Å². The molecule has 0 bridgehead atoms. The van der Waals surface area contributed by atoms with Crippen LogP contribution >= 0.6 is 0 Å². The summed E-state index contributed by atoms with van der Waals surface area (Å²) in [5, 5.41) is 0. The fourth-order valence-electron chi connectivity index (χ4n) is 2.65. The summed E-state index contributed by atoms with van der Waals surface area (Å²) in [4.78, 5) is 38.2. The monoisotopic (exact) mass is 319 g/mol. The first-order valence-electron chi connectivity index (χ1n) is 8.09. The molecular weight excluding hydrogens is 294 g/mol. The molecule has 0 spiro atoms. The average Bonchev–Trinajstić information content (AvgIpc) is 2.59. The lowest BCUT2D eigenvalue weighted by Gasteiger charge is -2.36. The van der Waals surface area contributed by atoms with E-state index in [-0.39, 0.29) is 24.4 Å². The molecule has 2 heterocycles. The van der Waals surface area contributed by atoms with E-state index in [0.717, 1.165) is 6.42 Å². The molecule has 1 aromatic rings. The van der Waals surface area contributed by atoms with E-state index in [1.807, 2.05) is 18.7 Å². The van der Waals surface area contributed by atoms with E-state index in [1.54, 1.807) is 23.4 Å². The Hall–Kier alpha value is -2.18. The normalized spacial score (nSPS) is 16.1. The van der Waals surface area contributed by atoms with Gasteiger partial charge >= 0.3 is 0 Å². The lowest BCUT2D eigenvalue weighted by atomic mass is 10.2. The van der Waals surface area contributed by atoms with Crippen LogP contribution in [0, 0.1) is 0 Å². The molecule has 2 amide bonds. The molecule has 1 fully saturated rings. The summed E-state index contributed by atoms with van der Waals surface area (Å²) in [6, 6.07) is 1.87. The SMILES string of the molecule is CCC(C)N(CC(=O)N1CCN(c2ncccn2)CC1)C(C)=O. The highest BCUT2D eigenvalue weighted by atomic mass is 16.2. The van der Waals surface area contributed by atoms with Crippen LogP contribution in [0.25, 0.3) is 0 Å². The van der Waals surface area contributed by atoms with Crippen molar-refractivity contribution >= 4 is 17.8 Å². The van der Waals surface area contributed by atoms with Gasteiger partial charge in [-0.2, -0.15) is 0 Å². The van der Waals surface area contributed by atoms with Gasteiger partial charge in [-0.15, -0.1) is 0 Å². The molecule has 0 saturated carbocycles. The molecule has 7 heteroatoms. The third-order valence-electron chi connectivity index (χ3n) is 4.30. The van der Waals surface area contributed by atoms with Gasteiger partial charge in [0.2, 0.25) is 17.8 Å². The van der Waals surface area contributed by atoms with Crippen LogP contribution in [0.5, 0.6) is 0 Å². The number of hydrogen-bond acceptors (Lipinski definition) is 5. The van der Waals surface area contributed by atoms with E-state index in [2.05, 4.69) is 14.9 Å². The predicted octanol–water partition coefficient (Wildman–Crippen LogP) is 0.772. The third-order valence-corrected chi connectivity index (χ3v) is 4.30. The minimum absolute atomic E-state index is 0.00845. The molecule has 23 heavy (non-hydrogen) atoms. The molecule has 1 atom stereocenters. The fourth-order valence-corrected chi connectivity index (χ4v) is 2.65. The molecule has 0 radical (unpaired) electrons. The molecule has 1 aromatic heterocycles. The number of nitrogens with zero attached hydrogens (tertiary/aromatic N) is 5. The predicted molar refractivity (Wildman–Crippen MR) is 88.0 cm³/mol. The molecule has 1 aliphatic rings. The Balaban J connectivity index is 1.89. The fraction of sp³-hybridized carbons (Fsp3) is 0.625. The van der Waals surface area contributed by atoms with E-state index in [1.165, 1.54) is 6.92 Å². The van der Waals surface area contributed by atoms with Gasteiger partial charge in [0.15, 0.2) is 0 Å². The summed E-state index contributed by atoms with van der Waals surface area (Å²) in [6.07, 6.45) is 4.28. The molecule has 0 N–H and O–H groups in total. The summed E-state index contributed by atoms with van der Waals surface area (Å²) < 4.78 is 0. The van der Waals surface area contributed by atoms with Crippen LogP contribution in [0.15, 0.2) is 18.5 Å². The maximum atomic E-state index is 12.5. The second-order valence-corrected chi connectivity index (χ2v) is 5.82. The van der Waals surface area contributed by atoms with Crippen molar-refractivity contribution in [3.05, 3.63) is 18.5 Å². The van der Waals surface area contributed by atoms with E-state index in [4.69, 9.17) is 0 Å². The summed E-state index contributed by atoms with van der Waals surface area (Å²) in [5.41, 5.74) is 0. The maximum absolute atomic E-state index is 12.5. The first-order chi connectivity index (χ1) is 11.0. The molecule has 7 nitrogen and oxygen atoms in total. The lowest BCUT2D eigenvalue weighted by Crippen LogP contribution is -2.53. The van der Waals surface area contributed by atoms with Crippen molar-refractivity contribution < 1.29 is 9.59 Å². The Morgan fingerprint density at radius 3 is 2.35 bits per heavy atom. The number of piperazine rings is 1. The third kappa shape index (κ3) is 4.40. The highest BCUT2D eigenvalue weighted by molar-refractivity contribution is 5.84. The molecule has 0 aliphatic carbocycles. The minimum Gasteiger partial charge on any atom is -0.338 e. The van der Waals surface area contributed by atoms with E-state index in [9.17, 15) is 9.59 Å². The minimum atomic E-state index is -0.0518. The van der Waals surface area contributed by atoms with Crippen LogP contribution in [-0.2, 0) is 9.59 Å². The van der Waals surface area contributed by atoms with Crippen LogP contribution in [-0.4, -0.2) is 70.3 Å². The van der Waals surface area contributed by atoms with Gasteiger partial charge in [0, 0.05) is 51.5 Å². The number of anilines is 1. The number of amides is 2. The van der Waals surface area contributed by atoms with Crippen LogP contribution in [0.3, 0.4) is 0 Å². The van der Waals surface area contributed by atoms with Gasteiger partial charge in [0.1, 0.15) is 0 Å². The molecule has 1 aliphatic heterocycles. The van der Waals surface area contributed by atoms with E-state index < -0.39 is 0 Å². The lowest BCUT2D eigenvalue weighted by molar-refractivity contribution is -0.141. The zero-order valence-electron chi connectivity index (χ0n) is 14.1. The van der Waals surface area contributed by atoms with Gasteiger partial charge in [0.25, 0.3) is 0 Å². The van der Waals surface area contributed by atoms with Crippen molar-refractivity contribution in [3.8, 4) is 0 Å². The number of carbonyl (C=O) groups is 2. The summed E-state index contributed by atoms with van der Waals surface area (Å²) >= 11 is 0. The zero-order valence-corrected chi connectivity index (χ0v) is 14.1. The molecular formula is C16H25N5O2. The summed E-state index contributed by atoms with van der Waals surface area (Å²) in [7, 11) is 0. The van der Waals surface area contributed by atoms with E-state index in [0.29, 0.717) is 32.1 Å². The molecule has 126 valence electrons. The largest absolute Gasteiger partial charge is 0.338 e. The van der Waals surface area contributed by atoms with Crippen molar-refractivity contribution in [1.29, 1.82) is 0 Å². The van der Waals surface area contributed by atoms with Gasteiger partial charge in [-0.25, -0.2) is 9.97 Å². The molecule has 1 unspecified atom stereocenters. The smallest absolute Gasteiger partial charge is 0.242 e. The average molecular weight is 319 g/mol. The summed E-state index contributed by atoms with van der Waals surface area (Å²) in [5.74, 6) is 0.655. The number of aromatic nitrogens is 2. The Bertz CT molecular complexity index is 529. The van der Waals surface area contributed by atoms with Gasteiger partial charge in [0.05, 0.1) is 6.54 Å². The van der Waals surface area contributed by atoms with Crippen molar-refractivity contribution in [2.75, 3.05) is 37.6 Å². The molecule has 0 aromatic carbocycles. The van der Waals surface area contributed by atoms with Crippen molar-refractivity contribution in [2.24, 2.45) is 0 Å². The van der Waals surface area contributed by atoms with Crippen molar-refractivity contribution in [2.45, 2.75) is 33.2 Å². The van der Waals surface area contributed by atoms with Crippen LogP contribution in [0.2, 0.25) is 0 Å². The number of hydrogen-bond donors (Lipinski definition) is 0. The Morgan fingerprint density at radius 2 is 1.83 bits per heavy atom. The second kappa shape index (κ2) is 7.89. The zero-order chi connectivity index (χ0) is 16.8. The van der Waals surface area contributed by atoms with Gasteiger partial charge in [-0.3, -0.25) is 9.59 Å². The Kier molecular flexibility index (Phi) is 5.90. The van der Waals surface area contributed by atoms with E-state index >= 15 is 0 Å². The first-order valence-corrected chi connectivity index (χ1v) is 8.09. The second-order valence-electron chi connectivity index (χ2n) is 5.82. The highest BCUT2D eigenvalue weighted by Crippen LogP contribution is 2.11.